The van der Waals surface area contributed by atoms with E-state index in [2.05, 4.69) is 20.4 Å². The van der Waals surface area contributed by atoms with Gasteiger partial charge in [0.1, 0.15) is 11.4 Å². The second-order valence-electron chi connectivity index (χ2n) is 9.76. The van der Waals surface area contributed by atoms with Crippen molar-refractivity contribution < 1.29 is 30.7 Å². The number of aryl methyl sites for hydroxylation is 1. The molecule has 42 heavy (non-hydrogen) atoms. The smallest absolute Gasteiger partial charge is 0.379 e. The first kappa shape index (κ1) is 30.6. The maximum absolute atomic E-state index is 14.9. The lowest BCUT2D eigenvalue weighted by Gasteiger charge is -2.24. The fourth-order valence-electron chi connectivity index (χ4n) is 4.43. The van der Waals surface area contributed by atoms with E-state index in [1.807, 2.05) is 0 Å². The average Bonchev–Trinajstić information content (AvgIpc) is 2.88. The Morgan fingerprint density at radius 2 is 1.71 bits per heavy atom. The van der Waals surface area contributed by atoms with Crippen LogP contribution in [0.2, 0.25) is 0 Å². The van der Waals surface area contributed by atoms with Crippen LogP contribution in [0.1, 0.15) is 24.0 Å². The molecule has 0 aliphatic heterocycles. The van der Waals surface area contributed by atoms with Gasteiger partial charge in [-0.2, -0.15) is 31.4 Å². The van der Waals surface area contributed by atoms with Crippen LogP contribution in [0.25, 0.3) is 22.2 Å². The van der Waals surface area contributed by atoms with E-state index in [0.717, 1.165) is 12.3 Å². The van der Waals surface area contributed by atoms with Crippen molar-refractivity contribution in [1.82, 2.24) is 29.6 Å². The Balaban J connectivity index is 1.52. The molecule has 0 bridgehead atoms. The number of rotatable bonds is 9. The number of likely N-dealkylation sites (N-methyl/N-ethyl adjacent to an activating group) is 1. The molecule has 0 aliphatic carbocycles. The lowest BCUT2D eigenvalue weighted by molar-refractivity contribution is -0.139. The van der Waals surface area contributed by atoms with Crippen LogP contribution < -0.4 is 16.4 Å². The summed E-state index contributed by atoms with van der Waals surface area (Å²) in [5, 5.41) is 8.31. The minimum atomic E-state index is -4.91. The monoisotopic (exact) mass is 599 g/mol. The SMILES string of the molecule is CN(C)C[C@@H](CCCn1ccc2cc(-c3ncc(C(F)(F)F)cn3)c(F)cc2c1=O)Nc1cn[nH]c(=O)c1C(F)(F)F. The minimum Gasteiger partial charge on any atom is -0.379 e. The Kier molecular flexibility index (Phi) is 8.65. The number of hydrogen-bond donors (Lipinski definition) is 2. The highest BCUT2D eigenvalue weighted by Gasteiger charge is 2.38. The average molecular weight is 600 g/mol. The molecule has 0 saturated carbocycles. The molecule has 0 aliphatic rings. The molecular weight excluding hydrogens is 575 g/mol. The summed E-state index contributed by atoms with van der Waals surface area (Å²) in [7, 11) is 3.45. The number of aromatic nitrogens is 5. The Morgan fingerprint density at radius 1 is 1.02 bits per heavy atom. The lowest BCUT2D eigenvalue weighted by atomic mass is 10.1. The molecule has 4 aromatic rings. The number of fused-ring (bicyclic) bond motifs is 1. The lowest BCUT2D eigenvalue weighted by Crippen LogP contribution is -2.35. The number of anilines is 1. The molecule has 3 heterocycles. The number of aromatic amines is 1. The van der Waals surface area contributed by atoms with Gasteiger partial charge in [-0.3, -0.25) is 9.59 Å². The first-order valence-corrected chi connectivity index (χ1v) is 12.4. The Bertz CT molecular complexity index is 1680. The van der Waals surface area contributed by atoms with E-state index in [0.29, 0.717) is 37.2 Å². The zero-order valence-electron chi connectivity index (χ0n) is 22.1. The highest BCUT2D eigenvalue weighted by molar-refractivity contribution is 5.86. The first-order valence-electron chi connectivity index (χ1n) is 12.4. The standard InChI is InChI=1S/C26H24F7N7O2/c1-39(2)13-16(37-20-12-36-38-23(41)21(20)26(31,32)33)4-3-6-40-7-5-14-8-18(19(27)9-17(14)24(40)42)22-34-10-15(11-35-22)25(28,29)30/h5,7-12,16H,3-4,6,13H2,1-2H3,(H2,37,38,41)/t16-/m1/s1. The maximum Gasteiger partial charge on any atom is 0.423 e. The fourth-order valence-corrected chi connectivity index (χ4v) is 4.43. The number of benzene rings is 1. The zero-order chi connectivity index (χ0) is 30.8. The van der Waals surface area contributed by atoms with Crippen molar-refractivity contribution in [3.05, 3.63) is 80.6 Å². The van der Waals surface area contributed by atoms with E-state index in [1.54, 1.807) is 24.1 Å². The molecule has 0 fully saturated rings. The second kappa shape index (κ2) is 11.9. The fraction of sp³-hybridized carbons (Fsp3) is 0.346. The molecule has 0 spiro atoms. The number of nitrogens with one attached hydrogen (secondary N) is 2. The summed E-state index contributed by atoms with van der Waals surface area (Å²) in [6.45, 7) is 0.447. The molecule has 0 radical (unpaired) electrons. The number of pyridine rings is 1. The van der Waals surface area contributed by atoms with Gasteiger partial charge in [-0.15, -0.1) is 0 Å². The summed E-state index contributed by atoms with van der Waals surface area (Å²) in [6, 6.07) is 3.20. The second-order valence-corrected chi connectivity index (χ2v) is 9.76. The molecule has 1 atom stereocenters. The van der Waals surface area contributed by atoms with Gasteiger partial charge in [0.15, 0.2) is 5.82 Å². The van der Waals surface area contributed by atoms with E-state index >= 15 is 0 Å². The molecule has 0 saturated heterocycles. The van der Waals surface area contributed by atoms with Gasteiger partial charge < -0.3 is 14.8 Å². The van der Waals surface area contributed by atoms with Gasteiger partial charge in [-0.25, -0.2) is 19.5 Å². The maximum atomic E-state index is 14.9. The van der Waals surface area contributed by atoms with Crippen LogP contribution in [0.4, 0.5) is 36.4 Å². The molecular formula is C26H24F7N7O2. The van der Waals surface area contributed by atoms with Crippen LogP contribution in [-0.2, 0) is 18.9 Å². The molecule has 0 unspecified atom stereocenters. The topological polar surface area (TPSA) is 109 Å². The van der Waals surface area contributed by atoms with E-state index in [-0.39, 0.29) is 23.3 Å². The molecule has 3 aromatic heterocycles. The van der Waals surface area contributed by atoms with Gasteiger partial charge in [0.25, 0.3) is 11.1 Å². The quantitative estimate of drug-likeness (QED) is 0.272. The number of halogens is 7. The van der Waals surface area contributed by atoms with Gasteiger partial charge >= 0.3 is 12.4 Å². The van der Waals surface area contributed by atoms with Crippen LogP contribution in [0.15, 0.2) is 52.6 Å². The third-order valence-electron chi connectivity index (χ3n) is 6.32. The third-order valence-corrected chi connectivity index (χ3v) is 6.32. The predicted octanol–water partition coefficient (Wildman–Crippen LogP) is 4.54. The molecule has 2 N–H and O–H groups in total. The van der Waals surface area contributed by atoms with Gasteiger partial charge in [0.05, 0.1) is 28.4 Å². The first-order chi connectivity index (χ1) is 19.6. The Hall–Kier alpha value is -4.34. The highest BCUT2D eigenvalue weighted by Crippen LogP contribution is 2.32. The molecule has 9 nitrogen and oxygen atoms in total. The van der Waals surface area contributed by atoms with E-state index < -0.39 is 52.1 Å². The van der Waals surface area contributed by atoms with Crippen molar-refractivity contribution >= 4 is 16.5 Å². The van der Waals surface area contributed by atoms with Crippen molar-refractivity contribution in [2.75, 3.05) is 26.0 Å². The van der Waals surface area contributed by atoms with Crippen molar-refractivity contribution in [1.29, 1.82) is 0 Å². The van der Waals surface area contributed by atoms with E-state index in [1.165, 1.54) is 22.9 Å². The Morgan fingerprint density at radius 3 is 2.33 bits per heavy atom. The van der Waals surface area contributed by atoms with Crippen LogP contribution in [-0.4, -0.2) is 56.3 Å². The summed E-state index contributed by atoms with van der Waals surface area (Å²) in [5.41, 5.74) is -5.05. The van der Waals surface area contributed by atoms with Crippen LogP contribution >= 0.6 is 0 Å². The van der Waals surface area contributed by atoms with Crippen molar-refractivity contribution in [2.24, 2.45) is 0 Å². The number of H-pyrrole nitrogens is 1. The molecule has 1 aromatic carbocycles. The molecule has 224 valence electrons. The number of nitrogens with zero attached hydrogens (tertiary/aromatic N) is 5. The van der Waals surface area contributed by atoms with Crippen molar-refractivity contribution in [3.8, 4) is 11.4 Å². The van der Waals surface area contributed by atoms with Gasteiger partial charge in [-0.05, 0) is 50.5 Å². The van der Waals surface area contributed by atoms with Crippen molar-refractivity contribution in [3.63, 3.8) is 0 Å². The highest BCUT2D eigenvalue weighted by atomic mass is 19.4. The predicted molar refractivity (Wildman–Crippen MR) is 139 cm³/mol. The number of alkyl halides is 6. The molecule has 0 amide bonds. The molecule has 16 heteroatoms. The van der Waals surface area contributed by atoms with Gasteiger partial charge in [0, 0.05) is 37.7 Å². The largest absolute Gasteiger partial charge is 0.423 e. The number of hydrogen-bond acceptors (Lipinski definition) is 7. The zero-order valence-corrected chi connectivity index (χ0v) is 22.1. The normalized spacial score (nSPS) is 13.1. The van der Waals surface area contributed by atoms with E-state index in [9.17, 15) is 40.3 Å². The summed E-state index contributed by atoms with van der Waals surface area (Å²) in [4.78, 5) is 33.8. The van der Waals surface area contributed by atoms with Crippen LogP contribution in [0.5, 0.6) is 0 Å². The van der Waals surface area contributed by atoms with Gasteiger partial charge in [-0.1, -0.05) is 0 Å². The van der Waals surface area contributed by atoms with Crippen molar-refractivity contribution in [2.45, 2.75) is 37.8 Å². The Labute approximate surface area is 233 Å². The van der Waals surface area contributed by atoms with Crippen LogP contribution in [0, 0.1) is 5.82 Å². The summed E-state index contributed by atoms with van der Waals surface area (Å²) in [6.07, 6.45) is -5.51. The summed E-state index contributed by atoms with van der Waals surface area (Å²) < 4.78 is 95.0. The van der Waals surface area contributed by atoms with Crippen LogP contribution in [0.3, 0.4) is 0 Å². The molecule has 4 rings (SSSR count). The van der Waals surface area contributed by atoms with Gasteiger partial charge in [0.2, 0.25) is 0 Å². The van der Waals surface area contributed by atoms with E-state index in [4.69, 9.17) is 0 Å². The summed E-state index contributed by atoms with van der Waals surface area (Å²) in [5.74, 6) is -1.19. The third kappa shape index (κ3) is 6.92. The minimum absolute atomic E-state index is 0.0121. The summed E-state index contributed by atoms with van der Waals surface area (Å²) >= 11 is 0.